The monoisotopic (exact) mass is 345 g/mol. The van der Waals surface area contributed by atoms with Crippen molar-refractivity contribution in [3.8, 4) is 0 Å². The van der Waals surface area contributed by atoms with Crippen LogP contribution < -0.4 is 4.72 Å². The molecule has 0 saturated carbocycles. The highest BCUT2D eigenvalue weighted by Gasteiger charge is 2.10. The van der Waals surface area contributed by atoms with Crippen molar-refractivity contribution in [2.24, 2.45) is 0 Å². The van der Waals surface area contributed by atoms with Gasteiger partial charge in [-0.2, -0.15) is 11.8 Å². The van der Waals surface area contributed by atoms with Crippen LogP contribution in [0.4, 0.5) is 0 Å². The van der Waals surface area contributed by atoms with E-state index in [0.29, 0.717) is 17.3 Å². The first-order valence-corrected chi connectivity index (χ1v) is 9.55. The van der Waals surface area contributed by atoms with Crippen LogP contribution in [0.15, 0.2) is 47.1 Å². The Balaban J connectivity index is 1.70. The van der Waals surface area contributed by atoms with Gasteiger partial charge in [0.15, 0.2) is 0 Å². The molecule has 1 N–H and O–H groups in total. The van der Waals surface area contributed by atoms with Crippen LogP contribution in [0.25, 0.3) is 0 Å². The van der Waals surface area contributed by atoms with E-state index in [1.165, 1.54) is 0 Å². The second-order valence-corrected chi connectivity index (χ2v) is 7.76. The van der Waals surface area contributed by atoms with Crippen LogP contribution in [0.3, 0.4) is 0 Å². The van der Waals surface area contributed by atoms with Gasteiger partial charge in [-0.15, -0.1) is 0 Å². The van der Waals surface area contributed by atoms with E-state index in [4.69, 9.17) is 16.0 Å². The van der Waals surface area contributed by atoms with Crippen molar-refractivity contribution in [2.45, 2.75) is 11.5 Å². The van der Waals surface area contributed by atoms with Crippen LogP contribution in [-0.2, 0) is 21.5 Å². The number of hydrogen-bond donors (Lipinski definition) is 1. The molecule has 0 fully saturated rings. The second kappa shape index (κ2) is 7.89. The molecule has 7 heteroatoms. The predicted molar refractivity (Wildman–Crippen MR) is 86.9 cm³/mol. The summed E-state index contributed by atoms with van der Waals surface area (Å²) < 4.78 is 31.6. The van der Waals surface area contributed by atoms with Crippen molar-refractivity contribution in [3.63, 3.8) is 0 Å². The zero-order chi connectivity index (χ0) is 15.1. The van der Waals surface area contributed by atoms with Crippen molar-refractivity contribution in [1.82, 2.24) is 4.72 Å². The summed E-state index contributed by atoms with van der Waals surface area (Å²) in [5.41, 5.74) is 0.718. The zero-order valence-electron chi connectivity index (χ0n) is 11.3. The first kappa shape index (κ1) is 16.4. The van der Waals surface area contributed by atoms with Gasteiger partial charge < -0.3 is 4.42 Å². The molecule has 1 aromatic heterocycles. The summed E-state index contributed by atoms with van der Waals surface area (Å²) in [4.78, 5) is 0. The van der Waals surface area contributed by atoms with Gasteiger partial charge in [-0.1, -0.05) is 23.7 Å². The summed E-state index contributed by atoms with van der Waals surface area (Å²) >= 11 is 7.39. The van der Waals surface area contributed by atoms with Crippen LogP contribution in [-0.4, -0.2) is 20.7 Å². The van der Waals surface area contributed by atoms with Crippen molar-refractivity contribution >= 4 is 33.4 Å². The number of rotatable bonds is 8. The minimum Gasteiger partial charge on any atom is -0.468 e. The molecule has 0 aliphatic heterocycles. The van der Waals surface area contributed by atoms with Gasteiger partial charge in [0.25, 0.3) is 0 Å². The quantitative estimate of drug-likeness (QED) is 0.746. The number of halogens is 1. The maximum Gasteiger partial charge on any atom is 0.215 e. The van der Waals surface area contributed by atoms with Crippen molar-refractivity contribution in [3.05, 3.63) is 59.0 Å². The normalized spacial score (nSPS) is 11.7. The smallest absolute Gasteiger partial charge is 0.215 e. The van der Waals surface area contributed by atoms with Crippen LogP contribution >= 0.6 is 23.4 Å². The van der Waals surface area contributed by atoms with E-state index < -0.39 is 10.0 Å². The maximum absolute atomic E-state index is 11.9. The van der Waals surface area contributed by atoms with E-state index in [2.05, 4.69) is 4.72 Å². The molecule has 0 aliphatic rings. The summed E-state index contributed by atoms with van der Waals surface area (Å²) in [6.07, 6.45) is 1.63. The van der Waals surface area contributed by atoms with Gasteiger partial charge in [-0.05, 0) is 29.8 Å². The van der Waals surface area contributed by atoms with Crippen molar-refractivity contribution in [2.75, 3.05) is 12.3 Å². The zero-order valence-corrected chi connectivity index (χ0v) is 13.7. The number of furan rings is 1. The Morgan fingerprint density at radius 3 is 2.62 bits per heavy atom. The Hall–Kier alpha value is -0.950. The first-order valence-electron chi connectivity index (χ1n) is 6.37. The van der Waals surface area contributed by atoms with Crippen molar-refractivity contribution < 1.29 is 12.8 Å². The molecule has 0 saturated heterocycles. The molecule has 0 atom stereocenters. The first-order chi connectivity index (χ1) is 10.1. The molecule has 0 unspecified atom stereocenters. The highest BCUT2D eigenvalue weighted by atomic mass is 35.5. The lowest BCUT2D eigenvalue weighted by molar-refractivity contribution is 0.530. The highest BCUT2D eigenvalue weighted by Crippen LogP contribution is 2.13. The Morgan fingerprint density at radius 1 is 1.19 bits per heavy atom. The molecule has 0 aliphatic carbocycles. The molecule has 0 spiro atoms. The lowest BCUT2D eigenvalue weighted by Crippen LogP contribution is -2.27. The number of benzene rings is 1. The molecule has 2 rings (SSSR count). The van der Waals surface area contributed by atoms with E-state index in [1.807, 2.05) is 12.1 Å². The van der Waals surface area contributed by atoms with E-state index in [1.54, 1.807) is 42.3 Å². The predicted octanol–water partition coefficient (Wildman–Crippen LogP) is 3.29. The van der Waals surface area contributed by atoms with E-state index in [0.717, 1.165) is 17.1 Å². The Kier molecular flexibility index (Phi) is 6.17. The molecule has 114 valence electrons. The number of hydrogen-bond acceptors (Lipinski definition) is 4. The van der Waals surface area contributed by atoms with E-state index in [9.17, 15) is 8.42 Å². The SMILES string of the molecule is O=S(=O)(Cc1ccc(Cl)cc1)NCCSCc1ccco1. The fraction of sp³-hybridized carbons (Fsp3) is 0.286. The van der Waals surface area contributed by atoms with E-state index >= 15 is 0 Å². The molecule has 0 radical (unpaired) electrons. The standard InChI is InChI=1S/C14H16ClNO3S2/c15-13-5-3-12(4-6-13)11-21(17,18)16-7-9-20-10-14-2-1-8-19-14/h1-6,8,16H,7,9-11H2. The minimum absolute atomic E-state index is 0.0347. The Bertz CT molecular complexity index is 639. The van der Waals surface area contributed by atoms with Gasteiger partial charge in [0.05, 0.1) is 17.8 Å². The van der Waals surface area contributed by atoms with Crippen LogP contribution in [0.5, 0.6) is 0 Å². The lowest BCUT2D eigenvalue weighted by atomic mass is 10.2. The summed E-state index contributed by atoms with van der Waals surface area (Å²) in [6, 6.07) is 10.5. The summed E-state index contributed by atoms with van der Waals surface area (Å²) in [5, 5.41) is 0.596. The number of thioether (sulfide) groups is 1. The maximum atomic E-state index is 11.9. The minimum atomic E-state index is -3.31. The van der Waals surface area contributed by atoms with Gasteiger partial charge >= 0.3 is 0 Å². The van der Waals surface area contributed by atoms with Crippen LogP contribution in [0, 0.1) is 0 Å². The average Bonchev–Trinajstić information content (AvgIpc) is 2.94. The topological polar surface area (TPSA) is 59.3 Å². The molecule has 0 bridgehead atoms. The van der Waals surface area contributed by atoms with Gasteiger partial charge in [0.2, 0.25) is 10.0 Å². The molecule has 1 heterocycles. The third-order valence-electron chi connectivity index (χ3n) is 2.66. The summed E-state index contributed by atoms with van der Waals surface area (Å²) in [5.74, 6) is 2.29. The molecular weight excluding hydrogens is 330 g/mol. The van der Waals surface area contributed by atoms with Gasteiger partial charge in [-0.25, -0.2) is 13.1 Å². The molecule has 4 nitrogen and oxygen atoms in total. The van der Waals surface area contributed by atoms with Gasteiger partial charge in [0.1, 0.15) is 5.76 Å². The van der Waals surface area contributed by atoms with Gasteiger partial charge in [-0.3, -0.25) is 0 Å². The van der Waals surface area contributed by atoms with Crippen molar-refractivity contribution in [1.29, 1.82) is 0 Å². The summed E-state index contributed by atoms with van der Waals surface area (Å²) in [7, 11) is -3.31. The Morgan fingerprint density at radius 2 is 1.95 bits per heavy atom. The Labute approximate surface area is 133 Å². The highest BCUT2D eigenvalue weighted by molar-refractivity contribution is 7.98. The molecule has 1 aromatic carbocycles. The largest absolute Gasteiger partial charge is 0.468 e. The second-order valence-electron chi connectivity index (χ2n) is 4.41. The fourth-order valence-corrected chi connectivity index (χ4v) is 3.85. The summed E-state index contributed by atoms with van der Waals surface area (Å²) in [6.45, 7) is 0.404. The van der Waals surface area contributed by atoms with Crippen LogP contribution in [0.1, 0.15) is 11.3 Å². The van der Waals surface area contributed by atoms with E-state index in [-0.39, 0.29) is 5.75 Å². The van der Waals surface area contributed by atoms with Crippen LogP contribution in [0.2, 0.25) is 5.02 Å². The molecular formula is C14H16ClNO3S2. The fourth-order valence-electron chi connectivity index (χ4n) is 1.69. The average molecular weight is 346 g/mol. The molecule has 2 aromatic rings. The molecule has 21 heavy (non-hydrogen) atoms. The third-order valence-corrected chi connectivity index (χ3v) is 5.25. The molecule has 0 amide bonds. The number of sulfonamides is 1. The third kappa shape index (κ3) is 6.13. The number of nitrogens with one attached hydrogen (secondary N) is 1. The lowest BCUT2D eigenvalue weighted by Gasteiger charge is -2.06. The van der Waals surface area contributed by atoms with Gasteiger partial charge in [0, 0.05) is 17.3 Å².